The van der Waals surface area contributed by atoms with Crippen LogP contribution < -0.4 is 10.6 Å². The Morgan fingerprint density at radius 1 is 1.26 bits per heavy atom. The van der Waals surface area contributed by atoms with E-state index in [1.165, 1.54) is 22.9 Å². The third kappa shape index (κ3) is 3.93. The molecule has 2 N–H and O–H groups in total. The van der Waals surface area contributed by atoms with Gasteiger partial charge in [0.15, 0.2) is 14.6 Å². The van der Waals surface area contributed by atoms with Crippen LogP contribution in [0.2, 0.25) is 0 Å². The number of hydrogen-bond acceptors (Lipinski definition) is 4. The fourth-order valence-electron chi connectivity index (χ4n) is 3.19. The summed E-state index contributed by atoms with van der Waals surface area (Å²) in [6, 6.07) is 6.23. The molecule has 0 saturated carbocycles. The zero-order chi connectivity index (χ0) is 17.1. The lowest BCUT2D eigenvalue weighted by molar-refractivity contribution is -0.124. The van der Waals surface area contributed by atoms with E-state index in [0.717, 1.165) is 0 Å². The van der Waals surface area contributed by atoms with Crippen LogP contribution >= 0.6 is 0 Å². The van der Waals surface area contributed by atoms with Crippen LogP contribution in [0, 0.1) is 13.8 Å². The number of aryl methyl sites for hydroxylation is 2. The van der Waals surface area contributed by atoms with Crippen molar-refractivity contribution in [2.24, 2.45) is 0 Å². The molecule has 6 heteroatoms. The SMILES string of the molecule is Cc1ccc(CCNC(=O)C2(S(C)(=O)=O)CCNCC2)c(C)c1. The van der Waals surface area contributed by atoms with Gasteiger partial charge in [-0.15, -0.1) is 0 Å². The second kappa shape index (κ2) is 7.01. The van der Waals surface area contributed by atoms with Gasteiger partial charge in [0.05, 0.1) is 0 Å². The lowest BCUT2D eigenvalue weighted by Crippen LogP contribution is -2.57. The molecule has 0 unspecified atom stereocenters. The van der Waals surface area contributed by atoms with Crippen LogP contribution in [-0.4, -0.2) is 45.0 Å². The number of carbonyl (C=O) groups is 1. The molecule has 1 heterocycles. The zero-order valence-corrected chi connectivity index (χ0v) is 14.9. The van der Waals surface area contributed by atoms with Crippen LogP contribution in [0.25, 0.3) is 0 Å². The fourth-order valence-corrected chi connectivity index (χ4v) is 4.55. The first-order valence-electron chi connectivity index (χ1n) is 8.01. The average molecular weight is 338 g/mol. The van der Waals surface area contributed by atoms with E-state index in [2.05, 4.69) is 35.8 Å². The summed E-state index contributed by atoms with van der Waals surface area (Å²) in [6.07, 6.45) is 2.54. The van der Waals surface area contributed by atoms with E-state index >= 15 is 0 Å². The van der Waals surface area contributed by atoms with Gasteiger partial charge < -0.3 is 10.6 Å². The molecule has 0 atom stereocenters. The predicted octanol–water partition coefficient (Wildman–Crippen LogP) is 1.13. The molecule has 128 valence electrons. The van der Waals surface area contributed by atoms with Crippen LogP contribution in [0.1, 0.15) is 29.5 Å². The summed E-state index contributed by atoms with van der Waals surface area (Å²) < 4.78 is 23.1. The van der Waals surface area contributed by atoms with E-state index in [9.17, 15) is 13.2 Å². The molecule has 1 aromatic rings. The summed E-state index contributed by atoms with van der Waals surface area (Å²) in [6.45, 7) is 5.66. The lowest BCUT2D eigenvalue weighted by atomic mass is 9.95. The molecule has 23 heavy (non-hydrogen) atoms. The van der Waals surface area contributed by atoms with Crippen LogP contribution in [0.3, 0.4) is 0 Å². The first-order valence-corrected chi connectivity index (χ1v) is 9.90. The summed E-state index contributed by atoms with van der Waals surface area (Å²) in [5.74, 6) is -0.355. The van der Waals surface area contributed by atoms with Gasteiger partial charge in [0.1, 0.15) is 0 Å². The highest BCUT2D eigenvalue weighted by Crippen LogP contribution is 2.28. The summed E-state index contributed by atoms with van der Waals surface area (Å²) in [4.78, 5) is 12.6. The van der Waals surface area contributed by atoms with Gasteiger partial charge >= 0.3 is 0 Å². The Labute approximate surface area is 138 Å². The van der Waals surface area contributed by atoms with Gasteiger partial charge in [0.25, 0.3) is 0 Å². The summed E-state index contributed by atoms with van der Waals surface area (Å²) >= 11 is 0. The van der Waals surface area contributed by atoms with Crippen molar-refractivity contribution in [3.05, 3.63) is 34.9 Å². The van der Waals surface area contributed by atoms with Crippen molar-refractivity contribution in [3.8, 4) is 0 Å². The van der Waals surface area contributed by atoms with Crippen molar-refractivity contribution in [2.75, 3.05) is 25.9 Å². The Morgan fingerprint density at radius 3 is 2.48 bits per heavy atom. The Kier molecular flexibility index (Phi) is 5.47. The summed E-state index contributed by atoms with van der Waals surface area (Å²) in [5.41, 5.74) is 3.58. The van der Waals surface area contributed by atoms with E-state index in [-0.39, 0.29) is 5.91 Å². The summed E-state index contributed by atoms with van der Waals surface area (Å²) in [7, 11) is -3.45. The minimum atomic E-state index is -3.45. The molecule has 1 aliphatic rings. The Bertz CT molecular complexity index is 677. The number of sulfone groups is 1. The maximum atomic E-state index is 12.6. The molecule has 5 nitrogen and oxygen atoms in total. The van der Waals surface area contributed by atoms with Gasteiger partial charge in [-0.05, 0) is 57.3 Å². The van der Waals surface area contributed by atoms with Crippen molar-refractivity contribution in [3.63, 3.8) is 0 Å². The van der Waals surface area contributed by atoms with E-state index in [1.54, 1.807) is 0 Å². The molecule has 0 bridgehead atoms. The number of hydrogen-bond donors (Lipinski definition) is 2. The van der Waals surface area contributed by atoms with Gasteiger partial charge in [-0.3, -0.25) is 4.79 Å². The molecule has 1 saturated heterocycles. The fraction of sp³-hybridized carbons (Fsp3) is 0.588. The maximum absolute atomic E-state index is 12.6. The monoisotopic (exact) mass is 338 g/mol. The van der Waals surface area contributed by atoms with Gasteiger partial charge in [0.2, 0.25) is 5.91 Å². The predicted molar refractivity (Wildman–Crippen MR) is 92.3 cm³/mol. The minimum Gasteiger partial charge on any atom is -0.354 e. The van der Waals surface area contributed by atoms with Gasteiger partial charge in [-0.25, -0.2) is 8.42 Å². The minimum absolute atomic E-state index is 0.335. The largest absolute Gasteiger partial charge is 0.354 e. The number of carbonyl (C=O) groups excluding carboxylic acids is 1. The van der Waals surface area contributed by atoms with E-state index in [1.807, 2.05) is 6.92 Å². The number of piperidine rings is 1. The van der Waals surface area contributed by atoms with Crippen molar-refractivity contribution < 1.29 is 13.2 Å². The Balaban J connectivity index is 2.02. The zero-order valence-electron chi connectivity index (χ0n) is 14.1. The molecule has 2 rings (SSSR count). The quantitative estimate of drug-likeness (QED) is 0.844. The molecule has 0 aliphatic carbocycles. The molecule has 1 aromatic carbocycles. The van der Waals surface area contributed by atoms with Crippen LogP contribution in [-0.2, 0) is 21.1 Å². The number of amides is 1. The second-order valence-corrected chi connectivity index (χ2v) is 8.78. The third-order valence-corrected chi connectivity index (χ3v) is 6.73. The van der Waals surface area contributed by atoms with Crippen LogP contribution in [0.5, 0.6) is 0 Å². The van der Waals surface area contributed by atoms with Crippen molar-refractivity contribution in [1.29, 1.82) is 0 Å². The van der Waals surface area contributed by atoms with Crippen molar-refractivity contribution in [2.45, 2.75) is 37.9 Å². The number of benzene rings is 1. The van der Waals surface area contributed by atoms with E-state index in [0.29, 0.717) is 38.9 Å². The van der Waals surface area contributed by atoms with Crippen LogP contribution in [0.4, 0.5) is 0 Å². The molecule has 0 aromatic heterocycles. The number of nitrogens with one attached hydrogen (secondary N) is 2. The standard InChI is InChI=1S/C17H26N2O3S/c1-13-4-5-15(14(2)12-13)6-9-19-16(20)17(23(3,21)22)7-10-18-11-8-17/h4-5,12,18H,6-11H2,1-3H3,(H,19,20). The van der Waals surface area contributed by atoms with Gasteiger partial charge in [-0.1, -0.05) is 23.8 Å². The van der Waals surface area contributed by atoms with Gasteiger partial charge in [0, 0.05) is 12.8 Å². The molecule has 0 spiro atoms. The average Bonchev–Trinajstić information content (AvgIpc) is 2.49. The molecule has 0 radical (unpaired) electrons. The highest BCUT2D eigenvalue weighted by Gasteiger charge is 2.48. The Hall–Kier alpha value is -1.40. The third-order valence-electron chi connectivity index (χ3n) is 4.71. The van der Waals surface area contributed by atoms with E-state index in [4.69, 9.17) is 0 Å². The van der Waals surface area contributed by atoms with Crippen molar-refractivity contribution in [1.82, 2.24) is 10.6 Å². The van der Waals surface area contributed by atoms with Crippen molar-refractivity contribution >= 4 is 15.7 Å². The molecule has 1 amide bonds. The first kappa shape index (κ1) is 17.9. The second-order valence-electron chi connectivity index (χ2n) is 6.45. The summed E-state index contributed by atoms with van der Waals surface area (Å²) in [5, 5.41) is 5.96. The van der Waals surface area contributed by atoms with Crippen LogP contribution in [0.15, 0.2) is 18.2 Å². The molecule has 1 aliphatic heterocycles. The highest BCUT2D eigenvalue weighted by atomic mass is 32.2. The molecular weight excluding hydrogens is 312 g/mol. The van der Waals surface area contributed by atoms with Gasteiger partial charge in [-0.2, -0.15) is 0 Å². The number of rotatable bonds is 5. The van der Waals surface area contributed by atoms with E-state index < -0.39 is 14.6 Å². The lowest BCUT2D eigenvalue weighted by Gasteiger charge is -2.34. The molecular formula is C17H26N2O3S. The molecule has 1 fully saturated rings. The highest BCUT2D eigenvalue weighted by molar-refractivity contribution is 7.92. The topological polar surface area (TPSA) is 75.3 Å². The maximum Gasteiger partial charge on any atom is 0.241 e. The first-order chi connectivity index (χ1) is 10.8. The normalized spacial score (nSPS) is 17.7. The smallest absolute Gasteiger partial charge is 0.241 e. The Morgan fingerprint density at radius 2 is 1.91 bits per heavy atom.